The molecule has 0 N–H and O–H groups in total. The van der Waals surface area contributed by atoms with Gasteiger partial charge in [0.2, 0.25) is 11.2 Å². The zero-order valence-corrected chi connectivity index (χ0v) is 17.9. The largest absolute Gasteiger partial charge is 0.490 e. The molecule has 176 valence electrons. The Balaban J connectivity index is 2.00. The van der Waals surface area contributed by atoms with E-state index in [1.165, 1.54) is 30.3 Å². The summed E-state index contributed by atoms with van der Waals surface area (Å²) >= 11 is 0. The van der Waals surface area contributed by atoms with Gasteiger partial charge in [-0.25, -0.2) is 4.79 Å². The smallest absolute Gasteiger partial charge is 0.453 e. The maximum atomic E-state index is 13.7. The second-order valence-electron chi connectivity index (χ2n) is 6.74. The second-order valence-corrected chi connectivity index (χ2v) is 6.74. The fourth-order valence-corrected chi connectivity index (χ4v) is 2.84. The summed E-state index contributed by atoms with van der Waals surface area (Å²) in [7, 11) is 0. The Hall–Kier alpha value is -3.69. The topological polar surface area (TPSA) is 84.2 Å². The van der Waals surface area contributed by atoms with Crippen LogP contribution in [-0.4, -0.2) is 25.8 Å². The van der Waals surface area contributed by atoms with E-state index in [4.69, 9.17) is 23.4 Å². The zero-order valence-electron chi connectivity index (χ0n) is 17.9. The predicted molar refractivity (Wildman–Crippen MR) is 112 cm³/mol. The molecule has 33 heavy (non-hydrogen) atoms. The molecule has 3 rings (SSSR count). The van der Waals surface area contributed by atoms with Crippen LogP contribution in [0.4, 0.5) is 13.2 Å². The van der Waals surface area contributed by atoms with Crippen LogP contribution in [0, 0.1) is 0 Å². The maximum absolute atomic E-state index is 13.7. The summed E-state index contributed by atoms with van der Waals surface area (Å²) in [4.78, 5) is 24.5. The molecule has 0 saturated heterocycles. The van der Waals surface area contributed by atoms with Gasteiger partial charge >= 0.3 is 12.1 Å². The van der Waals surface area contributed by atoms with E-state index in [9.17, 15) is 22.8 Å². The molecule has 0 aliphatic rings. The van der Waals surface area contributed by atoms with Crippen molar-refractivity contribution in [2.45, 2.75) is 26.4 Å². The Bertz CT molecular complexity index is 1180. The summed E-state index contributed by atoms with van der Waals surface area (Å²) < 4.78 is 67.1. The molecule has 0 atom stereocenters. The number of carbonyl (C=O) groups is 1. The molecule has 1 aromatic heterocycles. The molecule has 0 saturated carbocycles. The quantitative estimate of drug-likeness (QED) is 0.394. The van der Waals surface area contributed by atoms with Crippen molar-refractivity contribution in [1.29, 1.82) is 0 Å². The molecule has 2 aromatic carbocycles. The standard InChI is InChI=1S/C23H21F3O7/c1-3-11-30-19(27)13-31-14-9-10-15-18(12-14)33-22(23(24,25)26)21(20(15)28)32-17-8-6-5-7-16(17)29-4-2/h5-10,12H,3-4,11,13H2,1-2H3. The lowest BCUT2D eigenvalue weighted by Gasteiger charge is -2.15. The van der Waals surface area contributed by atoms with Gasteiger partial charge in [-0.1, -0.05) is 19.1 Å². The summed E-state index contributed by atoms with van der Waals surface area (Å²) in [6.07, 6.45) is -4.39. The second kappa shape index (κ2) is 10.3. The van der Waals surface area contributed by atoms with E-state index in [1.54, 1.807) is 13.0 Å². The third-order valence-electron chi connectivity index (χ3n) is 4.26. The molecule has 0 amide bonds. The van der Waals surface area contributed by atoms with Gasteiger partial charge < -0.3 is 23.4 Å². The molecule has 0 radical (unpaired) electrons. The Morgan fingerprint density at radius 1 is 1.03 bits per heavy atom. The van der Waals surface area contributed by atoms with Gasteiger partial charge in [-0.15, -0.1) is 0 Å². The third-order valence-corrected chi connectivity index (χ3v) is 4.26. The maximum Gasteiger partial charge on any atom is 0.453 e. The minimum absolute atomic E-state index is 0.0302. The predicted octanol–water partition coefficient (Wildman–Crippen LogP) is 5.33. The number of ether oxygens (including phenoxy) is 4. The number of hydrogen-bond acceptors (Lipinski definition) is 7. The van der Waals surface area contributed by atoms with E-state index < -0.39 is 35.7 Å². The molecule has 0 unspecified atom stereocenters. The van der Waals surface area contributed by atoms with Crippen molar-refractivity contribution in [2.75, 3.05) is 19.8 Å². The van der Waals surface area contributed by atoms with Gasteiger partial charge in [0.1, 0.15) is 11.3 Å². The highest BCUT2D eigenvalue weighted by atomic mass is 19.4. The summed E-state index contributed by atoms with van der Waals surface area (Å²) in [5, 5.41) is -0.159. The van der Waals surface area contributed by atoms with Crippen molar-refractivity contribution < 1.29 is 41.3 Å². The van der Waals surface area contributed by atoms with E-state index in [0.29, 0.717) is 6.42 Å². The highest BCUT2D eigenvalue weighted by Crippen LogP contribution is 2.40. The first-order valence-electron chi connectivity index (χ1n) is 10.1. The molecule has 0 aliphatic carbocycles. The Labute approximate surface area is 186 Å². The molecule has 7 nitrogen and oxygen atoms in total. The Morgan fingerprint density at radius 2 is 1.76 bits per heavy atom. The normalized spacial score (nSPS) is 11.3. The Kier molecular flexibility index (Phi) is 7.47. The fourth-order valence-electron chi connectivity index (χ4n) is 2.84. The summed E-state index contributed by atoms with van der Waals surface area (Å²) in [6, 6.07) is 9.69. The van der Waals surface area contributed by atoms with Crippen LogP contribution >= 0.6 is 0 Å². The van der Waals surface area contributed by atoms with Crippen LogP contribution in [0.5, 0.6) is 23.0 Å². The number of hydrogen-bond donors (Lipinski definition) is 0. The van der Waals surface area contributed by atoms with Crippen molar-refractivity contribution in [3.63, 3.8) is 0 Å². The van der Waals surface area contributed by atoms with E-state index in [0.717, 1.165) is 6.07 Å². The molecule has 3 aromatic rings. The van der Waals surface area contributed by atoms with Gasteiger partial charge in [0.05, 0.1) is 18.6 Å². The van der Waals surface area contributed by atoms with E-state index in [-0.39, 0.29) is 41.4 Å². The zero-order chi connectivity index (χ0) is 24.0. The van der Waals surface area contributed by atoms with Gasteiger partial charge in [-0.2, -0.15) is 13.2 Å². The number of fused-ring (bicyclic) bond motifs is 1. The molecule has 0 fully saturated rings. The monoisotopic (exact) mass is 466 g/mol. The number of para-hydroxylation sites is 2. The molecular weight excluding hydrogens is 445 g/mol. The number of benzene rings is 2. The summed E-state index contributed by atoms with van der Waals surface area (Å²) in [5.41, 5.74) is -1.40. The Morgan fingerprint density at radius 3 is 2.42 bits per heavy atom. The van der Waals surface area contributed by atoms with Gasteiger partial charge in [0.15, 0.2) is 18.1 Å². The van der Waals surface area contributed by atoms with Gasteiger partial charge in [-0.05, 0) is 37.6 Å². The van der Waals surface area contributed by atoms with Gasteiger partial charge in [0, 0.05) is 6.07 Å². The lowest BCUT2D eigenvalue weighted by atomic mass is 10.2. The van der Waals surface area contributed by atoms with E-state index >= 15 is 0 Å². The minimum atomic E-state index is -5.02. The summed E-state index contributed by atoms with van der Waals surface area (Å²) in [5.74, 6) is -3.12. The van der Waals surface area contributed by atoms with Crippen molar-refractivity contribution in [3.05, 3.63) is 58.4 Å². The third kappa shape index (κ3) is 5.76. The fraction of sp³-hybridized carbons (Fsp3) is 0.304. The number of carbonyl (C=O) groups excluding carboxylic acids is 1. The molecular formula is C23H21F3O7. The summed E-state index contributed by atoms with van der Waals surface area (Å²) in [6.45, 7) is 3.54. The van der Waals surface area contributed by atoms with Gasteiger partial charge in [0.25, 0.3) is 5.76 Å². The van der Waals surface area contributed by atoms with Crippen LogP contribution in [-0.2, 0) is 15.7 Å². The molecule has 0 spiro atoms. The van der Waals surface area contributed by atoms with Crippen molar-refractivity contribution in [2.24, 2.45) is 0 Å². The lowest BCUT2D eigenvalue weighted by molar-refractivity contribution is -0.154. The van der Waals surface area contributed by atoms with Crippen LogP contribution in [0.2, 0.25) is 0 Å². The van der Waals surface area contributed by atoms with Gasteiger partial charge in [-0.3, -0.25) is 4.79 Å². The van der Waals surface area contributed by atoms with Crippen molar-refractivity contribution >= 4 is 16.9 Å². The number of halogens is 3. The SMILES string of the molecule is CCCOC(=O)COc1ccc2c(=O)c(Oc3ccccc3OCC)c(C(F)(F)F)oc2c1. The number of rotatable bonds is 9. The van der Waals surface area contributed by atoms with Crippen molar-refractivity contribution in [3.8, 4) is 23.0 Å². The van der Waals surface area contributed by atoms with E-state index in [2.05, 4.69) is 0 Å². The van der Waals surface area contributed by atoms with Crippen LogP contribution in [0.15, 0.2) is 51.7 Å². The number of alkyl halides is 3. The minimum Gasteiger partial charge on any atom is -0.490 e. The molecule has 1 heterocycles. The first-order valence-corrected chi connectivity index (χ1v) is 10.1. The van der Waals surface area contributed by atoms with Crippen LogP contribution in [0.25, 0.3) is 11.0 Å². The van der Waals surface area contributed by atoms with Crippen LogP contribution in [0.1, 0.15) is 26.0 Å². The average molecular weight is 466 g/mol. The van der Waals surface area contributed by atoms with Crippen LogP contribution in [0.3, 0.4) is 0 Å². The lowest BCUT2D eigenvalue weighted by Crippen LogP contribution is -2.16. The molecule has 0 bridgehead atoms. The van der Waals surface area contributed by atoms with Crippen molar-refractivity contribution in [1.82, 2.24) is 0 Å². The average Bonchev–Trinajstić information content (AvgIpc) is 2.78. The molecule has 0 aliphatic heterocycles. The highest BCUT2D eigenvalue weighted by Gasteiger charge is 2.40. The van der Waals surface area contributed by atoms with E-state index in [1.807, 2.05) is 6.92 Å². The van der Waals surface area contributed by atoms with Crippen LogP contribution < -0.4 is 19.6 Å². The highest BCUT2D eigenvalue weighted by molar-refractivity contribution is 5.80. The molecule has 10 heteroatoms. The first-order chi connectivity index (χ1) is 15.7. The number of esters is 1. The first kappa shape index (κ1) is 24.0.